The van der Waals surface area contributed by atoms with Crippen molar-refractivity contribution in [1.29, 1.82) is 0 Å². The van der Waals surface area contributed by atoms with Crippen molar-refractivity contribution in [3.63, 3.8) is 0 Å². The molecule has 2 atom stereocenters. The zero-order chi connectivity index (χ0) is 24.5. The summed E-state index contributed by atoms with van der Waals surface area (Å²) >= 11 is 0. The van der Waals surface area contributed by atoms with Gasteiger partial charge in [0.15, 0.2) is 5.82 Å². The molecular formula is C22H21F5N6O. The van der Waals surface area contributed by atoms with Crippen molar-refractivity contribution in [3.05, 3.63) is 65.5 Å². The largest absolute Gasteiger partial charge is 0.419 e. The maximum atomic E-state index is 14.7. The SMILES string of the molecule is C[C@@H]1CCCN(C(=O)c2cc(F)cc(F)c2-n2nccn2)[C@@H]1CCc1ncc(C(F)(F)F)cn1. The molecule has 0 radical (unpaired) electrons. The van der Waals surface area contributed by atoms with Crippen molar-refractivity contribution in [2.24, 2.45) is 5.92 Å². The molecule has 0 N–H and O–H groups in total. The summed E-state index contributed by atoms with van der Waals surface area (Å²) in [6.45, 7) is 2.33. The van der Waals surface area contributed by atoms with Crippen LogP contribution in [-0.2, 0) is 12.6 Å². The molecule has 34 heavy (non-hydrogen) atoms. The van der Waals surface area contributed by atoms with Gasteiger partial charge in [0.2, 0.25) is 0 Å². The minimum Gasteiger partial charge on any atom is -0.335 e. The van der Waals surface area contributed by atoms with E-state index in [1.807, 2.05) is 6.92 Å². The molecule has 7 nitrogen and oxygen atoms in total. The van der Waals surface area contributed by atoms with E-state index < -0.39 is 29.3 Å². The highest BCUT2D eigenvalue weighted by Crippen LogP contribution is 2.31. The first kappa shape index (κ1) is 23.7. The molecule has 2 aromatic heterocycles. The van der Waals surface area contributed by atoms with E-state index in [4.69, 9.17) is 0 Å². The zero-order valence-electron chi connectivity index (χ0n) is 18.1. The topological polar surface area (TPSA) is 76.8 Å². The fourth-order valence-corrected chi connectivity index (χ4v) is 4.27. The summed E-state index contributed by atoms with van der Waals surface area (Å²) in [4.78, 5) is 23.6. The number of likely N-dealkylation sites (tertiary alicyclic amines) is 1. The van der Waals surface area contributed by atoms with Crippen LogP contribution in [0.15, 0.2) is 36.9 Å². The van der Waals surface area contributed by atoms with E-state index in [1.165, 1.54) is 12.4 Å². The molecule has 0 unspecified atom stereocenters. The summed E-state index contributed by atoms with van der Waals surface area (Å²) in [5.41, 5.74) is -1.40. The number of alkyl halides is 3. The van der Waals surface area contributed by atoms with Crippen molar-refractivity contribution < 1.29 is 26.7 Å². The molecule has 0 spiro atoms. The number of halogens is 5. The van der Waals surface area contributed by atoms with E-state index in [2.05, 4.69) is 20.2 Å². The number of aromatic nitrogens is 5. The predicted molar refractivity (Wildman–Crippen MR) is 110 cm³/mol. The van der Waals surface area contributed by atoms with Crippen molar-refractivity contribution in [2.75, 3.05) is 6.54 Å². The lowest BCUT2D eigenvalue weighted by atomic mass is 9.87. The monoisotopic (exact) mass is 480 g/mol. The molecule has 3 heterocycles. The molecule has 0 bridgehead atoms. The van der Waals surface area contributed by atoms with Gasteiger partial charge >= 0.3 is 6.18 Å². The number of piperidine rings is 1. The van der Waals surface area contributed by atoms with E-state index in [9.17, 15) is 26.7 Å². The van der Waals surface area contributed by atoms with Gasteiger partial charge < -0.3 is 4.90 Å². The van der Waals surface area contributed by atoms with Gasteiger partial charge in [-0.3, -0.25) is 4.79 Å². The molecule has 1 aliphatic heterocycles. The third kappa shape index (κ3) is 4.90. The minimum atomic E-state index is -4.53. The normalized spacial score (nSPS) is 18.8. The molecule has 180 valence electrons. The van der Waals surface area contributed by atoms with Crippen molar-refractivity contribution in [1.82, 2.24) is 29.9 Å². The predicted octanol–water partition coefficient (Wildman–Crippen LogP) is 4.23. The Morgan fingerprint density at radius 3 is 2.44 bits per heavy atom. The van der Waals surface area contributed by atoms with E-state index >= 15 is 0 Å². The number of carbonyl (C=O) groups is 1. The smallest absolute Gasteiger partial charge is 0.335 e. The lowest BCUT2D eigenvalue weighted by Crippen LogP contribution is -2.48. The Kier molecular flexibility index (Phi) is 6.58. The average Bonchev–Trinajstić information content (AvgIpc) is 3.31. The van der Waals surface area contributed by atoms with Crippen LogP contribution in [0.3, 0.4) is 0 Å². The second-order valence-corrected chi connectivity index (χ2v) is 8.21. The molecule has 1 amide bonds. The Morgan fingerprint density at radius 2 is 1.79 bits per heavy atom. The van der Waals surface area contributed by atoms with Gasteiger partial charge in [0, 0.05) is 37.5 Å². The van der Waals surface area contributed by atoms with Gasteiger partial charge in [-0.15, -0.1) is 4.80 Å². The third-order valence-corrected chi connectivity index (χ3v) is 5.95. The Morgan fingerprint density at radius 1 is 1.12 bits per heavy atom. The van der Waals surface area contributed by atoms with E-state index in [0.717, 1.165) is 29.7 Å². The van der Waals surface area contributed by atoms with Crippen LogP contribution in [0.1, 0.15) is 47.9 Å². The second kappa shape index (κ2) is 9.43. The fraction of sp³-hybridized carbons (Fsp3) is 0.409. The van der Waals surface area contributed by atoms with E-state index in [0.29, 0.717) is 25.5 Å². The van der Waals surface area contributed by atoms with Gasteiger partial charge in [-0.05, 0) is 31.2 Å². The maximum absolute atomic E-state index is 14.7. The zero-order valence-corrected chi connectivity index (χ0v) is 18.1. The van der Waals surface area contributed by atoms with Crippen LogP contribution in [0.2, 0.25) is 0 Å². The highest BCUT2D eigenvalue weighted by Gasteiger charge is 2.35. The van der Waals surface area contributed by atoms with Crippen LogP contribution in [0.25, 0.3) is 5.69 Å². The fourth-order valence-electron chi connectivity index (χ4n) is 4.27. The number of hydrogen-bond acceptors (Lipinski definition) is 5. The molecular weight excluding hydrogens is 459 g/mol. The van der Waals surface area contributed by atoms with Gasteiger partial charge in [-0.25, -0.2) is 18.7 Å². The van der Waals surface area contributed by atoms with Crippen LogP contribution in [-0.4, -0.2) is 48.4 Å². The molecule has 1 aliphatic rings. The molecule has 4 rings (SSSR count). The Labute approximate surface area is 191 Å². The average molecular weight is 480 g/mol. The van der Waals surface area contributed by atoms with Gasteiger partial charge in [-0.2, -0.15) is 23.4 Å². The molecule has 12 heteroatoms. The Bertz CT molecular complexity index is 1150. The van der Waals surface area contributed by atoms with Crippen molar-refractivity contribution in [2.45, 2.75) is 44.8 Å². The summed E-state index contributed by atoms with van der Waals surface area (Å²) in [5, 5.41) is 7.75. The highest BCUT2D eigenvalue weighted by atomic mass is 19.4. The van der Waals surface area contributed by atoms with E-state index in [-0.39, 0.29) is 35.5 Å². The van der Waals surface area contributed by atoms with Crippen molar-refractivity contribution >= 4 is 5.91 Å². The van der Waals surface area contributed by atoms with Crippen molar-refractivity contribution in [3.8, 4) is 5.69 Å². The molecule has 1 fully saturated rings. The van der Waals surface area contributed by atoms with Gasteiger partial charge in [-0.1, -0.05) is 6.92 Å². The number of aryl methyl sites for hydroxylation is 1. The first-order valence-electron chi connectivity index (χ1n) is 10.7. The van der Waals surface area contributed by atoms with Crippen LogP contribution in [0.5, 0.6) is 0 Å². The number of amides is 1. The van der Waals surface area contributed by atoms with Crippen LogP contribution in [0, 0.1) is 17.6 Å². The number of carbonyl (C=O) groups excluding carboxylic acids is 1. The molecule has 1 saturated heterocycles. The minimum absolute atomic E-state index is 0.0526. The first-order valence-corrected chi connectivity index (χ1v) is 10.7. The number of nitrogens with zero attached hydrogens (tertiary/aromatic N) is 6. The molecule has 3 aromatic rings. The highest BCUT2D eigenvalue weighted by molar-refractivity contribution is 5.98. The Balaban J connectivity index is 1.59. The third-order valence-electron chi connectivity index (χ3n) is 5.95. The molecule has 1 aromatic carbocycles. The molecule has 0 aliphatic carbocycles. The van der Waals surface area contributed by atoms with Crippen LogP contribution in [0.4, 0.5) is 22.0 Å². The number of rotatable bonds is 5. The lowest BCUT2D eigenvalue weighted by Gasteiger charge is -2.40. The summed E-state index contributed by atoms with van der Waals surface area (Å²) in [7, 11) is 0. The Hall–Kier alpha value is -3.44. The standard InChI is InChI=1S/C22H21F5N6O/c1-13-3-2-8-32(18(13)4-5-19-28-11-14(12-29-19)22(25,26)27)21(34)16-9-15(23)10-17(24)20(16)33-30-6-7-31-33/h6-7,9-13,18H,2-5,8H2,1H3/t13-,18-/m1/s1. The van der Waals surface area contributed by atoms with Crippen LogP contribution >= 0.6 is 0 Å². The van der Waals surface area contributed by atoms with E-state index in [1.54, 1.807) is 4.90 Å². The second-order valence-electron chi connectivity index (χ2n) is 8.21. The van der Waals surface area contributed by atoms with Crippen LogP contribution < -0.4 is 0 Å². The number of benzene rings is 1. The number of hydrogen-bond donors (Lipinski definition) is 0. The summed E-state index contributed by atoms with van der Waals surface area (Å²) in [6.07, 6.45) is 1.71. The summed E-state index contributed by atoms with van der Waals surface area (Å²) in [6, 6.07) is 1.30. The summed E-state index contributed by atoms with van der Waals surface area (Å²) < 4.78 is 67.0. The van der Waals surface area contributed by atoms with Gasteiger partial charge in [0.05, 0.1) is 23.5 Å². The maximum Gasteiger partial charge on any atom is 0.419 e. The quantitative estimate of drug-likeness (QED) is 0.511. The van der Waals surface area contributed by atoms with Gasteiger partial charge in [0.1, 0.15) is 17.3 Å². The molecule has 0 saturated carbocycles. The lowest BCUT2D eigenvalue weighted by molar-refractivity contribution is -0.138. The van der Waals surface area contributed by atoms with Gasteiger partial charge in [0.25, 0.3) is 5.91 Å². The summed E-state index contributed by atoms with van der Waals surface area (Å²) in [5.74, 6) is -2.18. The first-order chi connectivity index (χ1) is 16.1.